The maximum atomic E-state index is 11.9. The van der Waals surface area contributed by atoms with E-state index in [4.69, 9.17) is 19.9 Å². The fourth-order valence-corrected chi connectivity index (χ4v) is 5.68. The molecule has 41 heavy (non-hydrogen) atoms. The van der Waals surface area contributed by atoms with Crippen molar-refractivity contribution in [3.63, 3.8) is 0 Å². The lowest BCUT2D eigenvalue weighted by Crippen LogP contribution is -2.43. The maximum Gasteiger partial charge on any atom is 0.308 e. The van der Waals surface area contributed by atoms with Gasteiger partial charge in [0.25, 0.3) is 0 Å². The first kappa shape index (κ1) is 28.4. The molecule has 4 aromatic rings. The van der Waals surface area contributed by atoms with E-state index in [-0.39, 0.29) is 23.5 Å². The fourth-order valence-electron chi connectivity index (χ4n) is 4.66. The van der Waals surface area contributed by atoms with Crippen molar-refractivity contribution in [3.05, 3.63) is 78.1 Å². The van der Waals surface area contributed by atoms with Gasteiger partial charge in [-0.15, -0.1) is 0 Å². The highest BCUT2D eigenvalue weighted by molar-refractivity contribution is 6.74. The van der Waals surface area contributed by atoms with Gasteiger partial charge in [0, 0.05) is 11.8 Å². The molecule has 1 fully saturated rings. The molecule has 0 aliphatic carbocycles. The van der Waals surface area contributed by atoms with Crippen LogP contribution < -0.4 is 15.5 Å². The molecule has 0 amide bonds. The molecule has 0 spiro atoms. The van der Waals surface area contributed by atoms with Gasteiger partial charge in [-0.25, -0.2) is 9.51 Å². The molecule has 0 bridgehead atoms. The number of cyclic esters (lactones) is 1. The molecule has 8 nitrogen and oxygen atoms in total. The third-order valence-corrected chi connectivity index (χ3v) is 12.4. The number of rotatable bonds is 8. The van der Waals surface area contributed by atoms with Crippen LogP contribution in [0.2, 0.25) is 18.1 Å². The number of carbonyl (C=O) groups excluding carboxylic acids is 1. The Balaban J connectivity index is 1.54. The number of amidine groups is 1. The standard InChI is InChI=1S/C32H39N5O3Si/c1-7-21-15-25(40-41(5,6)32(2,3)4)13-14-27(21)36-31(33)26-18-34-37-19-23(22-11-9-8-10-12-22)16-28(37)30(26)35-24-17-29(38)39-20-24/h8-16,18-19,24,35H,7,17,20H2,1-6H3,(H2,33,36)/t24-/m0/s1. The van der Waals surface area contributed by atoms with Crippen molar-refractivity contribution in [1.29, 1.82) is 0 Å². The van der Waals surface area contributed by atoms with Crippen LogP contribution in [-0.4, -0.2) is 42.4 Å². The minimum Gasteiger partial charge on any atom is -0.543 e. The van der Waals surface area contributed by atoms with Gasteiger partial charge in [0.1, 0.15) is 18.2 Å². The molecule has 3 heterocycles. The third-order valence-electron chi connectivity index (χ3n) is 8.08. The van der Waals surface area contributed by atoms with Crippen molar-refractivity contribution >= 4 is 37.0 Å². The number of nitrogens with zero attached hydrogens (tertiary/aromatic N) is 3. The predicted octanol–water partition coefficient (Wildman–Crippen LogP) is 6.71. The summed E-state index contributed by atoms with van der Waals surface area (Å²) in [5.41, 5.74) is 12.9. The van der Waals surface area contributed by atoms with Crippen molar-refractivity contribution in [3.8, 4) is 16.9 Å². The monoisotopic (exact) mass is 569 g/mol. The van der Waals surface area contributed by atoms with Crippen LogP contribution in [0, 0.1) is 0 Å². The largest absolute Gasteiger partial charge is 0.543 e. The van der Waals surface area contributed by atoms with Crippen LogP contribution in [0.25, 0.3) is 16.6 Å². The Morgan fingerprint density at radius 1 is 1.17 bits per heavy atom. The first-order chi connectivity index (χ1) is 19.4. The Morgan fingerprint density at radius 3 is 2.59 bits per heavy atom. The van der Waals surface area contributed by atoms with Crippen molar-refractivity contribution in [2.75, 3.05) is 11.9 Å². The second-order valence-electron chi connectivity index (χ2n) is 12.1. The number of hydrogen-bond donors (Lipinski definition) is 2. The maximum absolute atomic E-state index is 11.9. The number of aromatic nitrogens is 2. The average molecular weight is 570 g/mol. The Bertz CT molecular complexity index is 1610. The summed E-state index contributed by atoms with van der Waals surface area (Å²) < 4.78 is 13.6. The molecule has 1 aliphatic heterocycles. The van der Waals surface area contributed by atoms with Crippen LogP contribution in [0.5, 0.6) is 5.75 Å². The number of benzene rings is 2. The zero-order valence-corrected chi connectivity index (χ0v) is 25.7. The van der Waals surface area contributed by atoms with Gasteiger partial charge in [0.2, 0.25) is 8.32 Å². The first-order valence-corrected chi connectivity index (χ1v) is 17.0. The number of aryl methyl sites for hydroxylation is 1. The summed E-state index contributed by atoms with van der Waals surface area (Å²) in [6.07, 6.45) is 4.78. The minimum absolute atomic E-state index is 0.101. The van der Waals surface area contributed by atoms with Gasteiger partial charge in [-0.1, -0.05) is 58.0 Å². The molecular weight excluding hydrogens is 530 g/mol. The van der Waals surface area contributed by atoms with Gasteiger partial charge < -0.3 is 20.2 Å². The molecule has 1 saturated heterocycles. The van der Waals surface area contributed by atoms with E-state index >= 15 is 0 Å². The number of ether oxygens (including phenoxy) is 1. The van der Waals surface area contributed by atoms with Crippen LogP contribution in [0.3, 0.4) is 0 Å². The van der Waals surface area contributed by atoms with Crippen LogP contribution in [0.15, 0.2) is 72.0 Å². The van der Waals surface area contributed by atoms with E-state index < -0.39 is 8.32 Å². The molecule has 3 N–H and O–H groups in total. The predicted molar refractivity (Wildman–Crippen MR) is 168 cm³/mol. The molecule has 1 atom stereocenters. The summed E-state index contributed by atoms with van der Waals surface area (Å²) in [5, 5.41) is 8.27. The average Bonchev–Trinajstić information content (AvgIpc) is 3.55. The molecule has 5 rings (SSSR count). The van der Waals surface area contributed by atoms with Gasteiger partial charge in [-0.3, -0.25) is 4.79 Å². The third kappa shape index (κ3) is 6.00. The number of esters is 1. The van der Waals surface area contributed by atoms with Gasteiger partial charge in [-0.2, -0.15) is 5.10 Å². The van der Waals surface area contributed by atoms with Gasteiger partial charge in [0.15, 0.2) is 0 Å². The van der Waals surface area contributed by atoms with E-state index in [0.717, 1.165) is 45.8 Å². The molecule has 214 valence electrons. The lowest BCUT2D eigenvalue weighted by Gasteiger charge is -2.36. The highest BCUT2D eigenvalue weighted by Gasteiger charge is 2.39. The van der Waals surface area contributed by atoms with Crippen molar-refractivity contribution in [2.45, 2.75) is 64.7 Å². The lowest BCUT2D eigenvalue weighted by atomic mass is 10.1. The number of hydrogen-bond acceptors (Lipinski definition) is 6. The van der Waals surface area contributed by atoms with Crippen LogP contribution in [0.1, 0.15) is 45.2 Å². The van der Waals surface area contributed by atoms with Crippen molar-refractivity contribution < 1.29 is 14.0 Å². The van der Waals surface area contributed by atoms with Crippen LogP contribution >= 0.6 is 0 Å². The normalized spacial score (nSPS) is 16.2. The molecule has 0 radical (unpaired) electrons. The Hall–Kier alpha value is -4.11. The van der Waals surface area contributed by atoms with Crippen molar-refractivity contribution in [2.24, 2.45) is 10.7 Å². The summed E-state index contributed by atoms with van der Waals surface area (Å²) in [4.78, 5) is 16.7. The van der Waals surface area contributed by atoms with E-state index in [1.807, 2.05) is 41.0 Å². The quantitative estimate of drug-likeness (QED) is 0.106. The van der Waals surface area contributed by atoms with Crippen LogP contribution in [-0.2, 0) is 16.0 Å². The summed E-state index contributed by atoms with van der Waals surface area (Å²) >= 11 is 0. The van der Waals surface area contributed by atoms with Gasteiger partial charge >= 0.3 is 5.97 Å². The Labute approximate surface area is 242 Å². The van der Waals surface area contributed by atoms with E-state index in [2.05, 4.69) is 75.5 Å². The van der Waals surface area contributed by atoms with Gasteiger partial charge in [0.05, 0.1) is 41.1 Å². The number of aliphatic imine (C=N–C) groups is 1. The van der Waals surface area contributed by atoms with E-state index in [1.54, 1.807) is 6.20 Å². The minimum atomic E-state index is -1.98. The topological polar surface area (TPSA) is 103 Å². The summed E-state index contributed by atoms with van der Waals surface area (Å²) in [6.45, 7) is 13.6. The van der Waals surface area contributed by atoms with Crippen molar-refractivity contribution in [1.82, 2.24) is 9.61 Å². The summed E-state index contributed by atoms with van der Waals surface area (Å²) in [6, 6.07) is 18.1. The second kappa shape index (κ2) is 11.0. The molecular formula is C32H39N5O3Si. The smallest absolute Gasteiger partial charge is 0.308 e. The van der Waals surface area contributed by atoms with Crippen LogP contribution in [0.4, 0.5) is 11.4 Å². The highest BCUT2D eigenvalue weighted by atomic mass is 28.4. The first-order valence-electron chi connectivity index (χ1n) is 14.1. The Morgan fingerprint density at radius 2 is 1.93 bits per heavy atom. The molecule has 0 unspecified atom stereocenters. The summed E-state index contributed by atoms with van der Waals surface area (Å²) in [7, 11) is -1.98. The fraction of sp³-hybridized carbons (Fsp3) is 0.344. The number of carbonyl (C=O) groups is 1. The van der Waals surface area contributed by atoms with E-state index in [1.165, 1.54) is 0 Å². The molecule has 0 saturated carbocycles. The molecule has 2 aromatic heterocycles. The molecule has 1 aliphatic rings. The molecule has 2 aromatic carbocycles. The number of anilines is 1. The number of nitrogens with two attached hydrogens (primary N) is 1. The molecule has 9 heteroatoms. The van der Waals surface area contributed by atoms with E-state index in [0.29, 0.717) is 18.0 Å². The lowest BCUT2D eigenvalue weighted by molar-refractivity contribution is -0.137. The second-order valence-corrected chi connectivity index (χ2v) is 16.8. The highest BCUT2D eigenvalue weighted by Crippen LogP contribution is 2.38. The SMILES string of the molecule is CCc1cc(O[Si](C)(C)C(C)(C)C)ccc1N=C(N)c1cnn2cc(-c3ccccc3)cc2c1N[C@@H]1COC(=O)C1. The summed E-state index contributed by atoms with van der Waals surface area (Å²) in [5.74, 6) is 0.982. The Kier molecular flexibility index (Phi) is 7.65. The van der Waals surface area contributed by atoms with Gasteiger partial charge in [-0.05, 0) is 59.9 Å². The zero-order chi connectivity index (χ0) is 29.4. The zero-order valence-electron chi connectivity index (χ0n) is 24.7. The number of nitrogens with one attached hydrogen (secondary N) is 1. The van der Waals surface area contributed by atoms with E-state index in [9.17, 15) is 4.79 Å². The number of fused-ring (bicyclic) bond motifs is 1.